The molecular weight excluding hydrogens is 469 g/mol. The third-order valence-corrected chi connectivity index (χ3v) is 7.23. The molecule has 0 radical (unpaired) electrons. The number of hydrogen-bond acceptors (Lipinski definition) is 9. The SMILES string of the molecule is CC(C)(C)C[C@]12CCOC(C1OP(O)(=S)OC(C)(C)C)[C@H](n1cnc3c(=O)[nH]c(N)nc31)O2. The summed E-state index contributed by atoms with van der Waals surface area (Å²) in [6.07, 6.45) is 0.570. The summed E-state index contributed by atoms with van der Waals surface area (Å²) in [6.45, 7) is 8.52. The second-order valence-corrected chi connectivity index (χ2v) is 13.6. The van der Waals surface area contributed by atoms with Gasteiger partial charge in [0.1, 0.15) is 17.8 Å². The minimum Gasteiger partial charge on any atom is -0.371 e. The number of nitrogens with one attached hydrogen (secondary N) is 1. The van der Waals surface area contributed by atoms with Crippen LogP contribution in [-0.4, -0.2) is 54.4 Å². The number of nitrogens with zero attached hydrogens (tertiary/aromatic N) is 3. The van der Waals surface area contributed by atoms with Crippen LogP contribution in [0, 0.1) is 5.41 Å². The standard InChI is InChI=1S/C20H32N5O6PS/c1-18(2,3)9-20-7-8-28-12(13(20)30-32(27,33)31-19(4,5)6)16(29-20)25-10-22-11-14(25)23-17(21)24-15(11)26/h10,12-13,16H,7-9H2,1-6H3,(H,27,33)(H3,21,23,24,26)/t12?,13?,16-,20-,32?/m1/s1. The Hall–Kier alpha value is -1.40. The first-order valence-electron chi connectivity index (χ1n) is 10.8. The van der Waals surface area contributed by atoms with E-state index in [0.717, 1.165) is 0 Å². The van der Waals surface area contributed by atoms with Gasteiger partial charge in [0.15, 0.2) is 17.4 Å². The number of aromatic amines is 1. The number of nitrogens with two attached hydrogens (primary N) is 1. The highest BCUT2D eigenvalue weighted by Gasteiger charge is 2.62. The van der Waals surface area contributed by atoms with Gasteiger partial charge < -0.3 is 24.6 Å². The van der Waals surface area contributed by atoms with E-state index in [1.165, 1.54) is 6.33 Å². The van der Waals surface area contributed by atoms with Gasteiger partial charge in [0.2, 0.25) is 5.95 Å². The van der Waals surface area contributed by atoms with Crippen molar-refractivity contribution in [3.8, 4) is 0 Å². The van der Waals surface area contributed by atoms with Crippen LogP contribution in [0.2, 0.25) is 0 Å². The molecule has 0 aromatic carbocycles. The molecule has 0 spiro atoms. The molecule has 4 rings (SSSR count). The predicted octanol–water partition coefficient (Wildman–Crippen LogP) is 2.61. The van der Waals surface area contributed by atoms with E-state index >= 15 is 0 Å². The Kier molecular flexibility index (Phi) is 6.05. The second kappa shape index (κ2) is 8.08. The molecule has 13 heteroatoms. The van der Waals surface area contributed by atoms with Gasteiger partial charge >= 0.3 is 6.72 Å². The maximum Gasteiger partial charge on any atom is 0.325 e. The van der Waals surface area contributed by atoms with Gasteiger partial charge in [0, 0.05) is 6.42 Å². The molecule has 0 amide bonds. The zero-order chi connectivity index (χ0) is 24.4. The molecule has 2 aliphatic rings. The Morgan fingerprint density at radius 1 is 1.39 bits per heavy atom. The number of ether oxygens (including phenoxy) is 2. The minimum atomic E-state index is -3.63. The fourth-order valence-electron chi connectivity index (χ4n) is 4.70. The van der Waals surface area contributed by atoms with Crippen molar-refractivity contribution in [3.63, 3.8) is 0 Å². The van der Waals surface area contributed by atoms with Crippen molar-refractivity contribution in [3.05, 3.63) is 16.7 Å². The van der Waals surface area contributed by atoms with Gasteiger partial charge in [0.25, 0.3) is 5.56 Å². The van der Waals surface area contributed by atoms with Crippen LogP contribution in [0.3, 0.4) is 0 Å². The molecular formula is C20H32N5O6PS. The summed E-state index contributed by atoms with van der Waals surface area (Å²) in [6, 6.07) is 0. The number of rotatable bonds is 5. The summed E-state index contributed by atoms with van der Waals surface area (Å²) in [5, 5.41) is 0. The number of nitrogen functional groups attached to an aromatic ring is 1. The Balaban J connectivity index is 1.78. The zero-order valence-electron chi connectivity index (χ0n) is 19.7. The number of aromatic nitrogens is 4. The van der Waals surface area contributed by atoms with Crippen LogP contribution in [0.1, 0.15) is 60.6 Å². The minimum absolute atomic E-state index is 0.0298. The quantitative estimate of drug-likeness (QED) is 0.522. The van der Waals surface area contributed by atoms with Crippen molar-refractivity contribution >= 4 is 35.6 Å². The third kappa shape index (κ3) is 5.02. The van der Waals surface area contributed by atoms with Crippen LogP contribution in [0.4, 0.5) is 5.95 Å². The van der Waals surface area contributed by atoms with Gasteiger partial charge in [-0.05, 0) is 44.4 Å². The van der Waals surface area contributed by atoms with Crippen LogP contribution in [0.15, 0.2) is 11.1 Å². The fraction of sp³-hybridized carbons (Fsp3) is 0.750. The van der Waals surface area contributed by atoms with E-state index in [-0.39, 0.29) is 22.5 Å². The Bertz CT molecular complexity index is 1150. The molecule has 3 unspecified atom stereocenters. The van der Waals surface area contributed by atoms with Gasteiger partial charge in [0.05, 0.1) is 18.5 Å². The lowest BCUT2D eigenvalue weighted by molar-refractivity contribution is -0.134. The van der Waals surface area contributed by atoms with E-state index in [1.54, 1.807) is 25.3 Å². The van der Waals surface area contributed by atoms with Crippen LogP contribution in [-0.2, 0) is 30.3 Å². The maximum absolute atomic E-state index is 12.3. The first-order valence-corrected chi connectivity index (χ1v) is 13.4. The van der Waals surface area contributed by atoms with Gasteiger partial charge in [-0.25, -0.2) is 4.98 Å². The summed E-state index contributed by atoms with van der Waals surface area (Å²) < 4.78 is 26.2. The lowest BCUT2D eigenvalue weighted by Crippen LogP contribution is -2.51. The summed E-state index contributed by atoms with van der Waals surface area (Å²) in [5.74, 6) is -0.0298. The maximum atomic E-state index is 12.3. The summed E-state index contributed by atoms with van der Waals surface area (Å²) in [5.41, 5.74) is 4.12. The van der Waals surface area contributed by atoms with E-state index in [4.69, 9.17) is 36.1 Å². The van der Waals surface area contributed by atoms with Crippen molar-refractivity contribution in [1.29, 1.82) is 0 Å². The van der Waals surface area contributed by atoms with E-state index in [9.17, 15) is 9.69 Å². The second-order valence-electron chi connectivity index (χ2n) is 10.9. The van der Waals surface area contributed by atoms with E-state index in [2.05, 4.69) is 35.7 Å². The van der Waals surface area contributed by atoms with E-state index < -0.39 is 41.9 Å². The average Bonchev–Trinajstić information content (AvgIpc) is 3.06. The summed E-state index contributed by atoms with van der Waals surface area (Å²) in [7, 11) is 0. The van der Waals surface area contributed by atoms with Crippen LogP contribution < -0.4 is 11.3 Å². The molecule has 2 fully saturated rings. The predicted molar refractivity (Wildman–Crippen MR) is 126 cm³/mol. The molecule has 33 heavy (non-hydrogen) atoms. The van der Waals surface area contributed by atoms with Crippen molar-refractivity contribution in [1.82, 2.24) is 19.5 Å². The van der Waals surface area contributed by atoms with Crippen LogP contribution in [0.5, 0.6) is 0 Å². The molecule has 11 nitrogen and oxygen atoms in total. The fourth-order valence-corrected chi connectivity index (χ4v) is 6.99. The first-order chi connectivity index (χ1) is 15.1. The molecule has 5 atom stereocenters. The molecule has 0 aliphatic carbocycles. The van der Waals surface area contributed by atoms with Gasteiger partial charge in [-0.15, -0.1) is 0 Å². The highest BCUT2D eigenvalue weighted by atomic mass is 32.5. The van der Waals surface area contributed by atoms with Crippen molar-refractivity contribution in [2.24, 2.45) is 5.41 Å². The number of anilines is 1. The van der Waals surface area contributed by atoms with Crippen LogP contribution >= 0.6 is 6.72 Å². The highest BCUT2D eigenvalue weighted by Crippen LogP contribution is 2.58. The largest absolute Gasteiger partial charge is 0.371 e. The van der Waals surface area contributed by atoms with Gasteiger partial charge in [-0.2, -0.15) is 4.98 Å². The Labute approximate surface area is 197 Å². The third-order valence-electron chi connectivity index (χ3n) is 5.48. The number of imidazole rings is 1. The topological polar surface area (TPSA) is 147 Å². The Morgan fingerprint density at radius 2 is 2.09 bits per heavy atom. The normalized spacial score (nSPS) is 30.0. The number of fused-ring (bicyclic) bond motifs is 3. The molecule has 2 aromatic heterocycles. The molecule has 0 saturated carbocycles. The highest BCUT2D eigenvalue weighted by molar-refractivity contribution is 8.07. The van der Waals surface area contributed by atoms with E-state index in [0.29, 0.717) is 19.4 Å². The van der Waals surface area contributed by atoms with Gasteiger partial charge in [-0.1, -0.05) is 20.8 Å². The summed E-state index contributed by atoms with van der Waals surface area (Å²) >= 11 is 5.36. The molecule has 2 aromatic rings. The Morgan fingerprint density at radius 3 is 2.73 bits per heavy atom. The number of hydrogen-bond donors (Lipinski definition) is 3. The molecule has 2 aliphatic heterocycles. The van der Waals surface area contributed by atoms with Crippen molar-refractivity contribution < 1.29 is 23.4 Å². The molecule has 4 N–H and O–H groups in total. The molecule has 4 heterocycles. The molecule has 184 valence electrons. The first kappa shape index (κ1) is 24.7. The van der Waals surface area contributed by atoms with Crippen molar-refractivity contribution in [2.75, 3.05) is 12.3 Å². The number of H-pyrrole nitrogens is 1. The smallest absolute Gasteiger partial charge is 0.325 e. The average molecular weight is 502 g/mol. The monoisotopic (exact) mass is 501 g/mol. The molecule has 2 bridgehead atoms. The lowest BCUT2D eigenvalue weighted by Gasteiger charge is -2.43. The lowest BCUT2D eigenvalue weighted by atomic mass is 9.76. The van der Waals surface area contributed by atoms with E-state index in [1.807, 2.05) is 0 Å². The van der Waals surface area contributed by atoms with Gasteiger partial charge in [-0.3, -0.25) is 18.9 Å². The summed E-state index contributed by atoms with van der Waals surface area (Å²) in [4.78, 5) is 34.1. The van der Waals surface area contributed by atoms with Crippen LogP contribution in [0.25, 0.3) is 11.2 Å². The van der Waals surface area contributed by atoms with Crippen molar-refractivity contribution in [2.45, 2.75) is 84.0 Å². The zero-order valence-corrected chi connectivity index (χ0v) is 21.4. The molecule has 2 saturated heterocycles.